The van der Waals surface area contributed by atoms with Crippen LogP contribution in [0.25, 0.3) is 0 Å². The molecule has 0 aliphatic heterocycles. The SMILES string of the molecule is CNC(=O)C(C)NC(=O)c1ncccc1C#CCN. The molecule has 1 aromatic heterocycles. The second-order valence-corrected chi connectivity index (χ2v) is 3.71. The molecule has 1 heterocycles. The normalized spacial score (nSPS) is 10.9. The summed E-state index contributed by atoms with van der Waals surface area (Å²) in [6.45, 7) is 1.79. The molecule has 100 valence electrons. The van der Waals surface area contributed by atoms with E-state index in [0.717, 1.165) is 0 Å². The highest BCUT2D eigenvalue weighted by Crippen LogP contribution is 2.04. The highest BCUT2D eigenvalue weighted by molar-refractivity contribution is 5.97. The molecule has 0 radical (unpaired) electrons. The maximum atomic E-state index is 12.0. The number of nitrogens with one attached hydrogen (secondary N) is 2. The largest absolute Gasteiger partial charge is 0.357 e. The van der Waals surface area contributed by atoms with Gasteiger partial charge >= 0.3 is 0 Å². The van der Waals surface area contributed by atoms with Gasteiger partial charge in [-0.25, -0.2) is 4.98 Å². The number of hydrogen-bond acceptors (Lipinski definition) is 4. The van der Waals surface area contributed by atoms with Crippen LogP contribution in [0.3, 0.4) is 0 Å². The lowest BCUT2D eigenvalue weighted by Gasteiger charge is -2.12. The van der Waals surface area contributed by atoms with Gasteiger partial charge in [-0.05, 0) is 19.1 Å². The zero-order valence-electron chi connectivity index (χ0n) is 10.9. The highest BCUT2D eigenvalue weighted by Gasteiger charge is 2.17. The Morgan fingerprint density at radius 2 is 2.26 bits per heavy atom. The standard InChI is InChI=1S/C13H16N4O2/c1-9(12(18)15-2)17-13(19)11-10(5-3-7-14)6-4-8-16-11/h4,6,8-9H,7,14H2,1-2H3,(H,15,18)(H,17,19). The van der Waals surface area contributed by atoms with Crippen molar-refractivity contribution in [2.75, 3.05) is 13.6 Å². The number of carbonyl (C=O) groups is 2. The summed E-state index contributed by atoms with van der Waals surface area (Å²) < 4.78 is 0. The van der Waals surface area contributed by atoms with E-state index in [1.165, 1.54) is 13.2 Å². The first-order valence-corrected chi connectivity index (χ1v) is 5.76. The van der Waals surface area contributed by atoms with E-state index in [1.807, 2.05) is 0 Å². The molecule has 1 rings (SSSR count). The Labute approximate surface area is 111 Å². The van der Waals surface area contributed by atoms with Crippen LogP contribution in [0.15, 0.2) is 18.3 Å². The van der Waals surface area contributed by atoms with E-state index in [-0.39, 0.29) is 18.1 Å². The maximum Gasteiger partial charge on any atom is 0.271 e. The van der Waals surface area contributed by atoms with Crippen LogP contribution >= 0.6 is 0 Å². The van der Waals surface area contributed by atoms with Crippen molar-refractivity contribution in [1.82, 2.24) is 15.6 Å². The van der Waals surface area contributed by atoms with Crippen LogP contribution in [0.1, 0.15) is 23.0 Å². The number of pyridine rings is 1. The van der Waals surface area contributed by atoms with Crippen LogP contribution in [0.2, 0.25) is 0 Å². The first-order chi connectivity index (χ1) is 9.10. The smallest absolute Gasteiger partial charge is 0.271 e. The number of rotatable bonds is 3. The molecule has 0 saturated heterocycles. The third kappa shape index (κ3) is 4.08. The zero-order valence-corrected chi connectivity index (χ0v) is 10.9. The maximum absolute atomic E-state index is 12.0. The third-order valence-electron chi connectivity index (χ3n) is 2.34. The number of hydrogen-bond donors (Lipinski definition) is 3. The van der Waals surface area contributed by atoms with Crippen LogP contribution in [0.4, 0.5) is 0 Å². The van der Waals surface area contributed by atoms with Gasteiger partial charge in [-0.15, -0.1) is 0 Å². The summed E-state index contributed by atoms with van der Waals surface area (Å²) >= 11 is 0. The van der Waals surface area contributed by atoms with Crippen molar-refractivity contribution in [3.05, 3.63) is 29.6 Å². The molecule has 0 fully saturated rings. The van der Waals surface area contributed by atoms with Gasteiger partial charge in [-0.1, -0.05) is 11.8 Å². The molecule has 0 saturated carbocycles. The summed E-state index contributed by atoms with van der Waals surface area (Å²) in [6.07, 6.45) is 1.49. The Morgan fingerprint density at radius 3 is 2.89 bits per heavy atom. The molecule has 2 amide bonds. The Hall–Kier alpha value is -2.39. The topological polar surface area (TPSA) is 97.1 Å². The third-order valence-corrected chi connectivity index (χ3v) is 2.34. The van der Waals surface area contributed by atoms with Gasteiger partial charge in [0.05, 0.1) is 12.1 Å². The minimum absolute atomic E-state index is 0.180. The Kier molecular flexibility index (Phi) is 5.51. The average Bonchev–Trinajstić information content (AvgIpc) is 2.44. The fourth-order valence-corrected chi connectivity index (χ4v) is 1.38. The van der Waals surface area contributed by atoms with Gasteiger partial charge in [0.1, 0.15) is 11.7 Å². The minimum Gasteiger partial charge on any atom is -0.357 e. The molecule has 0 aromatic carbocycles. The lowest BCUT2D eigenvalue weighted by Crippen LogP contribution is -2.44. The van der Waals surface area contributed by atoms with Crippen molar-refractivity contribution in [2.45, 2.75) is 13.0 Å². The van der Waals surface area contributed by atoms with E-state index < -0.39 is 11.9 Å². The van der Waals surface area contributed by atoms with E-state index >= 15 is 0 Å². The summed E-state index contributed by atoms with van der Waals surface area (Å²) in [6, 6.07) is 2.71. The first-order valence-electron chi connectivity index (χ1n) is 5.76. The van der Waals surface area contributed by atoms with Crippen molar-refractivity contribution < 1.29 is 9.59 Å². The number of carbonyl (C=O) groups excluding carboxylic acids is 2. The highest BCUT2D eigenvalue weighted by atomic mass is 16.2. The monoisotopic (exact) mass is 260 g/mol. The Morgan fingerprint density at radius 1 is 1.53 bits per heavy atom. The molecular formula is C13H16N4O2. The van der Waals surface area contributed by atoms with Crippen LogP contribution in [0.5, 0.6) is 0 Å². The number of amides is 2. The lowest BCUT2D eigenvalue weighted by atomic mass is 10.1. The number of nitrogens with two attached hydrogens (primary N) is 1. The van der Waals surface area contributed by atoms with E-state index in [0.29, 0.717) is 5.56 Å². The number of likely N-dealkylation sites (N-methyl/N-ethyl adjacent to an activating group) is 1. The molecule has 1 atom stereocenters. The van der Waals surface area contributed by atoms with Gasteiger partial charge in [0.15, 0.2) is 0 Å². The molecule has 6 heteroatoms. The summed E-state index contributed by atoms with van der Waals surface area (Å²) in [5.41, 5.74) is 5.95. The van der Waals surface area contributed by atoms with Crippen molar-refractivity contribution in [2.24, 2.45) is 5.73 Å². The fraction of sp³-hybridized carbons (Fsp3) is 0.308. The Balaban J connectivity index is 2.91. The van der Waals surface area contributed by atoms with E-state index in [4.69, 9.17) is 5.73 Å². The zero-order chi connectivity index (χ0) is 14.3. The summed E-state index contributed by atoms with van der Waals surface area (Å²) in [4.78, 5) is 27.3. The quantitative estimate of drug-likeness (QED) is 0.623. The van der Waals surface area contributed by atoms with Crippen molar-refractivity contribution in [1.29, 1.82) is 0 Å². The Bertz CT molecular complexity index is 531. The molecule has 1 aromatic rings. The summed E-state index contributed by atoms with van der Waals surface area (Å²) in [5, 5.41) is 5.00. The molecule has 4 N–H and O–H groups in total. The molecule has 0 aliphatic carbocycles. The molecule has 1 unspecified atom stereocenters. The van der Waals surface area contributed by atoms with Gasteiger partial charge < -0.3 is 16.4 Å². The van der Waals surface area contributed by atoms with E-state index in [1.54, 1.807) is 19.1 Å². The molecule has 19 heavy (non-hydrogen) atoms. The van der Waals surface area contributed by atoms with Crippen LogP contribution < -0.4 is 16.4 Å². The van der Waals surface area contributed by atoms with Gasteiger partial charge in [0, 0.05) is 13.2 Å². The van der Waals surface area contributed by atoms with Crippen molar-refractivity contribution in [3.8, 4) is 11.8 Å². The van der Waals surface area contributed by atoms with Gasteiger partial charge in [-0.3, -0.25) is 9.59 Å². The predicted octanol–water partition coefficient (Wildman–Crippen LogP) is -0.744. The summed E-state index contributed by atoms with van der Waals surface area (Å²) in [5.74, 6) is 4.71. The van der Waals surface area contributed by atoms with E-state index in [9.17, 15) is 9.59 Å². The molecule has 0 bridgehead atoms. The van der Waals surface area contributed by atoms with Crippen molar-refractivity contribution >= 4 is 11.8 Å². The number of aromatic nitrogens is 1. The van der Waals surface area contributed by atoms with Crippen LogP contribution in [-0.4, -0.2) is 36.4 Å². The minimum atomic E-state index is -0.644. The lowest BCUT2D eigenvalue weighted by molar-refractivity contribution is -0.122. The molecule has 0 aliphatic rings. The second kappa shape index (κ2) is 7.13. The molecule has 6 nitrogen and oxygen atoms in total. The fourth-order valence-electron chi connectivity index (χ4n) is 1.38. The van der Waals surface area contributed by atoms with Gasteiger partial charge in [-0.2, -0.15) is 0 Å². The van der Waals surface area contributed by atoms with Crippen molar-refractivity contribution in [3.63, 3.8) is 0 Å². The number of nitrogens with zero attached hydrogens (tertiary/aromatic N) is 1. The van der Waals surface area contributed by atoms with E-state index in [2.05, 4.69) is 27.5 Å². The van der Waals surface area contributed by atoms with Gasteiger partial charge in [0.25, 0.3) is 5.91 Å². The van der Waals surface area contributed by atoms with Crippen LogP contribution in [-0.2, 0) is 4.79 Å². The predicted molar refractivity (Wildman–Crippen MR) is 71.2 cm³/mol. The summed E-state index contributed by atoms with van der Waals surface area (Å²) in [7, 11) is 1.50. The molecular weight excluding hydrogens is 244 g/mol. The first kappa shape index (κ1) is 14.7. The average molecular weight is 260 g/mol. The second-order valence-electron chi connectivity index (χ2n) is 3.71. The van der Waals surface area contributed by atoms with Gasteiger partial charge in [0.2, 0.25) is 5.91 Å². The van der Waals surface area contributed by atoms with Crippen LogP contribution in [0, 0.1) is 11.8 Å². The molecule has 0 spiro atoms.